The molecule has 2 aliphatic rings. The molecule has 1 atom stereocenters. The minimum atomic E-state index is 0.117. The summed E-state index contributed by atoms with van der Waals surface area (Å²) in [4.78, 5) is 14.9. The summed E-state index contributed by atoms with van der Waals surface area (Å²) in [7, 11) is 0. The van der Waals surface area contributed by atoms with Crippen LogP contribution < -0.4 is 10.6 Å². The van der Waals surface area contributed by atoms with Gasteiger partial charge in [0.05, 0.1) is 13.1 Å². The topological polar surface area (TPSA) is 62.2 Å². The Kier molecular flexibility index (Phi) is 5.55. The molecular weight excluding hydrogens is 338 g/mol. The lowest BCUT2D eigenvalue weighted by Crippen LogP contribution is -2.48. The maximum atomic E-state index is 12.5. The van der Waals surface area contributed by atoms with Crippen molar-refractivity contribution in [3.05, 3.63) is 53.9 Å². The Morgan fingerprint density at radius 3 is 2.89 bits per heavy atom. The molecule has 3 heterocycles. The van der Waals surface area contributed by atoms with Crippen LogP contribution in [0, 0.1) is 5.41 Å². The van der Waals surface area contributed by atoms with Crippen LogP contribution in [-0.4, -0.2) is 53.3 Å². The molecule has 0 aliphatic carbocycles. The third-order valence-corrected chi connectivity index (χ3v) is 5.93. The fourth-order valence-electron chi connectivity index (χ4n) is 4.49. The second-order valence-corrected chi connectivity index (χ2v) is 7.99. The second-order valence-electron chi connectivity index (χ2n) is 7.99. The number of benzene rings is 1. The van der Waals surface area contributed by atoms with Crippen LogP contribution in [0.5, 0.6) is 0 Å². The minimum absolute atomic E-state index is 0.117. The van der Waals surface area contributed by atoms with Gasteiger partial charge in [-0.1, -0.05) is 24.3 Å². The van der Waals surface area contributed by atoms with Crippen LogP contribution in [0.1, 0.15) is 30.4 Å². The van der Waals surface area contributed by atoms with E-state index in [0.29, 0.717) is 18.5 Å². The van der Waals surface area contributed by atoms with Crippen LogP contribution in [-0.2, 0) is 17.9 Å². The zero-order chi connectivity index (χ0) is 18.5. The van der Waals surface area contributed by atoms with Gasteiger partial charge in [0, 0.05) is 32.0 Å². The Labute approximate surface area is 160 Å². The van der Waals surface area contributed by atoms with Crippen LogP contribution >= 0.6 is 0 Å². The standard InChI is InChI=1S/C21H29N5O/c27-20(15-25-11-3-7-21(17-25)8-10-22-16-21)23-13-18-5-1-2-6-19(18)14-26-12-4-9-24-26/h1-2,4-6,9,12,22H,3,7-8,10-11,13-17H2,(H,23,27). The highest BCUT2D eigenvalue weighted by molar-refractivity contribution is 5.78. The molecule has 2 aromatic rings. The lowest BCUT2D eigenvalue weighted by molar-refractivity contribution is -0.123. The first-order chi connectivity index (χ1) is 13.2. The van der Waals surface area contributed by atoms with Gasteiger partial charge in [-0.15, -0.1) is 0 Å². The predicted molar refractivity (Wildman–Crippen MR) is 105 cm³/mol. The molecule has 1 aromatic carbocycles. The van der Waals surface area contributed by atoms with Gasteiger partial charge in [0.25, 0.3) is 0 Å². The third-order valence-electron chi connectivity index (χ3n) is 5.93. The predicted octanol–water partition coefficient (Wildman–Crippen LogP) is 1.62. The number of carbonyl (C=O) groups is 1. The van der Waals surface area contributed by atoms with Gasteiger partial charge in [-0.2, -0.15) is 5.10 Å². The molecule has 4 rings (SSSR count). The summed E-state index contributed by atoms with van der Waals surface area (Å²) in [6, 6.07) is 10.2. The molecule has 144 valence electrons. The first kappa shape index (κ1) is 18.2. The highest BCUT2D eigenvalue weighted by Crippen LogP contribution is 2.35. The number of rotatable bonds is 6. The van der Waals surface area contributed by atoms with E-state index in [0.717, 1.165) is 38.3 Å². The van der Waals surface area contributed by atoms with Crippen LogP contribution in [0.4, 0.5) is 0 Å². The Balaban J connectivity index is 1.30. The number of likely N-dealkylation sites (tertiary alicyclic amines) is 1. The van der Waals surface area contributed by atoms with E-state index in [1.165, 1.54) is 24.8 Å². The van der Waals surface area contributed by atoms with E-state index in [-0.39, 0.29) is 5.91 Å². The maximum Gasteiger partial charge on any atom is 0.234 e. The van der Waals surface area contributed by atoms with Gasteiger partial charge in [-0.25, -0.2) is 0 Å². The number of nitrogens with zero attached hydrogens (tertiary/aromatic N) is 3. The van der Waals surface area contributed by atoms with Gasteiger partial charge in [0.1, 0.15) is 0 Å². The molecule has 0 bridgehead atoms. The van der Waals surface area contributed by atoms with Crippen LogP contribution in [0.25, 0.3) is 0 Å². The van der Waals surface area contributed by atoms with Gasteiger partial charge in [0.15, 0.2) is 0 Å². The molecule has 27 heavy (non-hydrogen) atoms. The van der Waals surface area contributed by atoms with Crippen molar-refractivity contribution in [2.45, 2.75) is 32.4 Å². The van der Waals surface area contributed by atoms with E-state index in [2.05, 4.69) is 32.8 Å². The van der Waals surface area contributed by atoms with Crippen molar-refractivity contribution in [1.29, 1.82) is 0 Å². The molecule has 6 heteroatoms. The molecule has 2 fully saturated rings. The van der Waals surface area contributed by atoms with Crippen molar-refractivity contribution in [3.8, 4) is 0 Å². The molecule has 2 aliphatic heterocycles. The molecule has 2 N–H and O–H groups in total. The van der Waals surface area contributed by atoms with Crippen LogP contribution in [0.15, 0.2) is 42.7 Å². The average molecular weight is 367 g/mol. The highest BCUT2D eigenvalue weighted by Gasteiger charge is 2.38. The number of piperidine rings is 1. The first-order valence-electron chi connectivity index (χ1n) is 9.96. The Morgan fingerprint density at radius 2 is 2.11 bits per heavy atom. The van der Waals surface area contributed by atoms with Gasteiger partial charge in [-0.05, 0) is 55.0 Å². The smallest absolute Gasteiger partial charge is 0.234 e. The lowest BCUT2D eigenvalue weighted by atomic mass is 9.79. The van der Waals surface area contributed by atoms with E-state index in [1.54, 1.807) is 6.20 Å². The number of nitrogens with one attached hydrogen (secondary N) is 2. The summed E-state index contributed by atoms with van der Waals surface area (Å²) in [5.74, 6) is 0.117. The summed E-state index contributed by atoms with van der Waals surface area (Å²) >= 11 is 0. The number of hydrogen-bond donors (Lipinski definition) is 2. The zero-order valence-electron chi connectivity index (χ0n) is 15.9. The van der Waals surface area contributed by atoms with Gasteiger partial charge >= 0.3 is 0 Å². The van der Waals surface area contributed by atoms with E-state index in [4.69, 9.17) is 0 Å². The Hall–Kier alpha value is -2.18. The van der Waals surface area contributed by atoms with Crippen molar-refractivity contribution in [1.82, 2.24) is 25.3 Å². The van der Waals surface area contributed by atoms with Crippen molar-refractivity contribution in [2.75, 3.05) is 32.7 Å². The van der Waals surface area contributed by atoms with E-state index < -0.39 is 0 Å². The third kappa shape index (κ3) is 4.57. The van der Waals surface area contributed by atoms with Gasteiger partial charge < -0.3 is 10.6 Å². The second kappa shape index (κ2) is 8.23. The molecule has 1 amide bonds. The van der Waals surface area contributed by atoms with Crippen LogP contribution in [0.2, 0.25) is 0 Å². The Morgan fingerprint density at radius 1 is 1.22 bits per heavy atom. The minimum Gasteiger partial charge on any atom is -0.351 e. The molecule has 1 unspecified atom stereocenters. The van der Waals surface area contributed by atoms with E-state index in [1.807, 2.05) is 29.1 Å². The molecule has 6 nitrogen and oxygen atoms in total. The number of carbonyl (C=O) groups excluding carboxylic acids is 1. The van der Waals surface area contributed by atoms with Crippen LogP contribution in [0.3, 0.4) is 0 Å². The summed E-state index contributed by atoms with van der Waals surface area (Å²) in [5.41, 5.74) is 2.74. The number of aromatic nitrogens is 2. The highest BCUT2D eigenvalue weighted by atomic mass is 16.2. The van der Waals surface area contributed by atoms with Crippen molar-refractivity contribution in [2.24, 2.45) is 5.41 Å². The summed E-state index contributed by atoms with van der Waals surface area (Å²) in [5, 5.41) is 10.9. The maximum absolute atomic E-state index is 12.5. The molecule has 1 aromatic heterocycles. The SMILES string of the molecule is O=C(CN1CCCC2(CCNC2)C1)NCc1ccccc1Cn1cccn1. The quantitative estimate of drug-likeness (QED) is 0.815. The van der Waals surface area contributed by atoms with E-state index >= 15 is 0 Å². The van der Waals surface area contributed by atoms with Crippen molar-refractivity contribution >= 4 is 5.91 Å². The summed E-state index contributed by atoms with van der Waals surface area (Å²) in [6.07, 6.45) is 7.47. The monoisotopic (exact) mass is 367 g/mol. The molecule has 2 saturated heterocycles. The average Bonchev–Trinajstić information content (AvgIpc) is 3.34. The summed E-state index contributed by atoms with van der Waals surface area (Å²) in [6.45, 7) is 6.09. The Bertz CT molecular complexity index is 752. The fourth-order valence-corrected chi connectivity index (χ4v) is 4.49. The summed E-state index contributed by atoms with van der Waals surface area (Å²) < 4.78 is 1.91. The normalized spacial score (nSPS) is 23.0. The molecular formula is C21H29N5O. The molecule has 0 radical (unpaired) electrons. The number of amides is 1. The lowest BCUT2D eigenvalue weighted by Gasteiger charge is -2.39. The van der Waals surface area contributed by atoms with Gasteiger partial charge in [-0.3, -0.25) is 14.4 Å². The fraction of sp³-hybridized carbons (Fsp3) is 0.524. The largest absolute Gasteiger partial charge is 0.351 e. The van der Waals surface area contributed by atoms with E-state index in [9.17, 15) is 4.79 Å². The number of hydrogen-bond acceptors (Lipinski definition) is 4. The molecule has 0 saturated carbocycles. The van der Waals surface area contributed by atoms with Crippen molar-refractivity contribution in [3.63, 3.8) is 0 Å². The van der Waals surface area contributed by atoms with Gasteiger partial charge in [0.2, 0.25) is 5.91 Å². The first-order valence-corrected chi connectivity index (χ1v) is 9.96. The zero-order valence-corrected chi connectivity index (χ0v) is 15.9. The van der Waals surface area contributed by atoms with Crippen molar-refractivity contribution < 1.29 is 4.79 Å². The molecule has 1 spiro atoms.